The molecule has 124 valence electrons. The normalized spacial score (nSPS) is 11.0. The highest BCUT2D eigenvalue weighted by Gasteiger charge is 2.20. The number of aromatic nitrogens is 4. The zero-order valence-electron chi connectivity index (χ0n) is 13.7. The number of hydrogen-bond acceptors (Lipinski definition) is 3. The van der Waals surface area contributed by atoms with Gasteiger partial charge in [-0.05, 0) is 24.1 Å². The molecule has 0 unspecified atom stereocenters. The van der Waals surface area contributed by atoms with Gasteiger partial charge < -0.3 is 5.32 Å². The second kappa shape index (κ2) is 6.49. The summed E-state index contributed by atoms with van der Waals surface area (Å²) in [7, 11) is 1.73. The molecule has 1 aromatic carbocycles. The zero-order chi connectivity index (χ0) is 17.3. The summed E-state index contributed by atoms with van der Waals surface area (Å²) in [6, 6.07) is 9.16. The molecule has 6 nitrogen and oxygen atoms in total. The monoisotopic (exact) mass is 343 g/mol. The van der Waals surface area contributed by atoms with Gasteiger partial charge in [0.2, 0.25) is 0 Å². The molecule has 0 spiro atoms. The van der Waals surface area contributed by atoms with Gasteiger partial charge in [0.1, 0.15) is 5.69 Å². The lowest BCUT2D eigenvalue weighted by Gasteiger charge is -2.14. The van der Waals surface area contributed by atoms with Gasteiger partial charge in [0.25, 0.3) is 5.91 Å². The number of rotatable bonds is 4. The number of benzene rings is 1. The van der Waals surface area contributed by atoms with Crippen molar-refractivity contribution in [3.05, 3.63) is 59.1 Å². The van der Waals surface area contributed by atoms with Crippen molar-refractivity contribution in [1.82, 2.24) is 19.6 Å². The van der Waals surface area contributed by atoms with Gasteiger partial charge in [-0.15, -0.1) is 0 Å². The van der Waals surface area contributed by atoms with Crippen LogP contribution in [0.4, 0.5) is 5.69 Å². The number of aryl methyl sites for hydroxylation is 1. The maximum atomic E-state index is 12.4. The number of nitrogens with one attached hydrogen (secondary N) is 1. The number of nitrogens with zero attached hydrogens (tertiary/aromatic N) is 4. The molecular formula is C17H18ClN5O. The predicted octanol–water partition coefficient (Wildman–Crippen LogP) is 3.63. The third kappa shape index (κ3) is 2.92. The van der Waals surface area contributed by atoms with Crippen LogP contribution < -0.4 is 5.32 Å². The fourth-order valence-electron chi connectivity index (χ4n) is 2.61. The Morgan fingerprint density at radius 3 is 2.58 bits per heavy atom. The van der Waals surface area contributed by atoms with Gasteiger partial charge in [-0.3, -0.25) is 9.48 Å². The van der Waals surface area contributed by atoms with E-state index in [-0.39, 0.29) is 11.8 Å². The number of carbonyl (C=O) groups excluding carboxylic acids is 1. The van der Waals surface area contributed by atoms with E-state index in [1.54, 1.807) is 30.2 Å². The minimum atomic E-state index is -0.226. The molecule has 0 aliphatic rings. The number of halogens is 1. The first kappa shape index (κ1) is 16.3. The van der Waals surface area contributed by atoms with E-state index in [9.17, 15) is 4.79 Å². The number of para-hydroxylation sites is 1. The van der Waals surface area contributed by atoms with Crippen LogP contribution in [0.25, 0.3) is 5.69 Å². The minimum absolute atomic E-state index is 0.144. The Hall–Kier alpha value is -2.60. The van der Waals surface area contributed by atoms with Crippen LogP contribution in [0.3, 0.4) is 0 Å². The van der Waals surface area contributed by atoms with Crippen molar-refractivity contribution in [3.8, 4) is 5.69 Å². The Morgan fingerprint density at radius 2 is 1.96 bits per heavy atom. The van der Waals surface area contributed by atoms with E-state index in [4.69, 9.17) is 11.6 Å². The van der Waals surface area contributed by atoms with Crippen molar-refractivity contribution in [1.29, 1.82) is 0 Å². The van der Waals surface area contributed by atoms with Crippen LogP contribution in [0.1, 0.15) is 35.9 Å². The Bertz CT molecular complexity index is 881. The number of carbonyl (C=O) groups is 1. The average molecular weight is 344 g/mol. The predicted molar refractivity (Wildman–Crippen MR) is 93.8 cm³/mol. The van der Waals surface area contributed by atoms with Gasteiger partial charge in [0.15, 0.2) is 0 Å². The topological polar surface area (TPSA) is 64.7 Å². The fraction of sp³-hybridized carbons (Fsp3) is 0.235. The minimum Gasteiger partial charge on any atom is -0.318 e. The van der Waals surface area contributed by atoms with Gasteiger partial charge in [-0.2, -0.15) is 10.2 Å². The van der Waals surface area contributed by atoms with Crippen LogP contribution in [0.2, 0.25) is 5.02 Å². The van der Waals surface area contributed by atoms with Gasteiger partial charge in [0.05, 0.1) is 28.3 Å². The standard InChI is InChI=1S/C17H18ClN5O/c1-11(2)16-13(21-17(24)15-8-9-19-22(15)3)10-20-23(16)14-7-5-4-6-12(14)18/h4-11H,1-3H3,(H,21,24). The molecule has 0 radical (unpaired) electrons. The van der Waals surface area contributed by atoms with Crippen LogP contribution >= 0.6 is 11.6 Å². The van der Waals surface area contributed by atoms with Crippen LogP contribution in [0.15, 0.2) is 42.7 Å². The third-order valence-electron chi connectivity index (χ3n) is 3.74. The quantitative estimate of drug-likeness (QED) is 0.786. The molecule has 1 amide bonds. The fourth-order valence-corrected chi connectivity index (χ4v) is 2.82. The highest BCUT2D eigenvalue weighted by atomic mass is 35.5. The molecule has 0 bridgehead atoms. The molecule has 0 saturated heterocycles. The van der Waals surface area contributed by atoms with Gasteiger partial charge >= 0.3 is 0 Å². The molecule has 0 atom stereocenters. The molecule has 7 heteroatoms. The summed E-state index contributed by atoms with van der Waals surface area (Å²) in [4.78, 5) is 12.4. The van der Waals surface area contributed by atoms with E-state index in [0.717, 1.165) is 11.4 Å². The van der Waals surface area contributed by atoms with Gasteiger partial charge in [0, 0.05) is 13.2 Å². The maximum absolute atomic E-state index is 12.4. The Labute approximate surface area is 145 Å². The molecule has 0 saturated carbocycles. The summed E-state index contributed by atoms with van der Waals surface area (Å²) >= 11 is 6.29. The van der Waals surface area contributed by atoms with Crippen LogP contribution in [0.5, 0.6) is 0 Å². The first-order valence-corrected chi connectivity index (χ1v) is 7.99. The highest BCUT2D eigenvalue weighted by Crippen LogP contribution is 2.30. The van der Waals surface area contributed by atoms with Crippen LogP contribution in [-0.2, 0) is 7.05 Å². The summed E-state index contributed by atoms with van der Waals surface area (Å²) in [6.45, 7) is 4.09. The molecule has 2 aromatic heterocycles. The Balaban J connectivity index is 2.00. The molecule has 2 heterocycles. The molecule has 0 aliphatic heterocycles. The second-order valence-electron chi connectivity index (χ2n) is 5.76. The van der Waals surface area contributed by atoms with E-state index in [1.165, 1.54) is 4.68 Å². The van der Waals surface area contributed by atoms with E-state index in [1.807, 2.05) is 38.1 Å². The molecule has 3 rings (SSSR count). The Kier molecular flexibility index (Phi) is 4.40. The third-order valence-corrected chi connectivity index (χ3v) is 4.06. The molecule has 0 fully saturated rings. The van der Waals surface area contributed by atoms with Crippen molar-refractivity contribution in [2.75, 3.05) is 5.32 Å². The first-order valence-electron chi connectivity index (χ1n) is 7.61. The lowest BCUT2D eigenvalue weighted by atomic mass is 10.1. The van der Waals surface area contributed by atoms with Crippen LogP contribution in [-0.4, -0.2) is 25.5 Å². The number of anilines is 1. The summed E-state index contributed by atoms with van der Waals surface area (Å²) in [5.41, 5.74) is 2.81. The average Bonchev–Trinajstić information content (AvgIpc) is 3.14. The van der Waals surface area contributed by atoms with Crippen molar-refractivity contribution < 1.29 is 4.79 Å². The summed E-state index contributed by atoms with van der Waals surface area (Å²) in [6.07, 6.45) is 3.23. The number of amides is 1. The largest absolute Gasteiger partial charge is 0.318 e. The summed E-state index contributed by atoms with van der Waals surface area (Å²) in [5.74, 6) is -0.0822. The van der Waals surface area contributed by atoms with Gasteiger partial charge in [-0.25, -0.2) is 4.68 Å². The van der Waals surface area contributed by atoms with Gasteiger partial charge in [-0.1, -0.05) is 37.6 Å². The first-order chi connectivity index (χ1) is 11.5. The summed E-state index contributed by atoms with van der Waals surface area (Å²) in [5, 5.41) is 12.0. The zero-order valence-corrected chi connectivity index (χ0v) is 14.4. The lowest BCUT2D eigenvalue weighted by Crippen LogP contribution is -2.17. The van der Waals surface area contributed by atoms with E-state index < -0.39 is 0 Å². The second-order valence-corrected chi connectivity index (χ2v) is 6.16. The molecule has 0 aliphatic carbocycles. The molecule has 24 heavy (non-hydrogen) atoms. The smallest absolute Gasteiger partial charge is 0.274 e. The summed E-state index contributed by atoms with van der Waals surface area (Å²) < 4.78 is 3.30. The van der Waals surface area contributed by atoms with Crippen molar-refractivity contribution in [3.63, 3.8) is 0 Å². The molecule has 3 aromatic rings. The van der Waals surface area contributed by atoms with Crippen molar-refractivity contribution in [2.45, 2.75) is 19.8 Å². The van der Waals surface area contributed by atoms with E-state index in [0.29, 0.717) is 16.4 Å². The van der Waals surface area contributed by atoms with Crippen molar-refractivity contribution >= 4 is 23.2 Å². The van der Waals surface area contributed by atoms with Crippen molar-refractivity contribution in [2.24, 2.45) is 7.05 Å². The van der Waals surface area contributed by atoms with E-state index in [2.05, 4.69) is 15.5 Å². The SMILES string of the molecule is CC(C)c1c(NC(=O)c2ccnn2C)cnn1-c1ccccc1Cl. The van der Waals surface area contributed by atoms with Crippen LogP contribution in [0, 0.1) is 0 Å². The lowest BCUT2D eigenvalue weighted by molar-refractivity contribution is 0.101. The molecular weight excluding hydrogens is 326 g/mol. The highest BCUT2D eigenvalue weighted by molar-refractivity contribution is 6.32. The van der Waals surface area contributed by atoms with E-state index >= 15 is 0 Å². The Morgan fingerprint density at radius 1 is 1.21 bits per heavy atom. The number of hydrogen-bond donors (Lipinski definition) is 1. The molecule has 1 N–H and O–H groups in total. The maximum Gasteiger partial charge on any atom is 0.274 e.